The average molecular weight is 184 g/mol. The molecule has 2 aromatic rings. The van der Waals surface area contributed by atoms with E-state index in [1.807, 2.05) is 30.3 Å². The van der Waals surface area contributed by atoms with Crippen LogP contribution in [-0.2, 0) is 6.54 Å². The van der Waals surface area contributed by atoms with Crippen LogP contribution < -0.4 is 0 Å². The number of nitriles is 1. The number of pyridine rings is 1. The van der Waals surface area contributed by atoms with Gasteiger partial charge in [0.1, 0.15) is 12.2 Å². The Morgan fingerprint density at radius 3 is 2.93 bits per heavy atom. The highest BCUT2D eigenvalue weighted by molar-refractivity contribution is 5.52. The van der Waals surface area contributed by atoms with Crippen molar-refractivity contribution in [2.24, 2.45) is 0 Å². The normalized spacial score (nSPS) is 9.64. The molecule has 0 N–H and O–H groups in total. The smallest absolute Gasteiger partial charge is 0.128 e. The molecule has 0 fully saturated rings. The van der Waals surface area contributed by atoms with Crippen LogP contribution in [0.1, 0.15) is 0 Å². The van der Waals surface area contributed by atoms with Crippen LogP contribution in [0, 0.1) is 11.3 Å². The fourth-order valence-electron chi connectivity index (χ4n) is 1.17. The number of hydrogen-bond acceptors (Lipinski definition) is 3. The summed E-state index contributed by atoms with van der Waals surface area (Å²) in [6, 6.07) is 9.53. The molecule has 68 valence electrons. The van der Waals surface area contributed by atoms with Gasteiger partial charge in [-0.1, -0.05) is 6.07 Å². The van der Waals surface area contributed by atoms with Crippen LogP contribution in [0.2, 0.25) is 0 Å². The lowest BCUT2D eigenvalue weighted by atomic mass is 10.3. The Morgan fingerprint density at radius 2 is 2.21 bits per heavy atom. The van der Waals surface area contributed by atoms with Crippen LogP contribution in [-0.4, -0.2) is 14.8 Å². The lowest BCUT2D eigenvalue weighted by molar-refractivity contribution is 0.712. The van der Waals surface area contributed by atoms with Crippen molar-refractivity contribution in [1.82, 2.24) is 14.8 Å². The summed E-state index contributed by atoms with van der Waals surface area (Å²) in [7, 11) is 0. The van der Waals surface area contributed by atoms with E-state index in [2.05, 4.69) is 10.1 Å². The Morgan fingerprint density at radius 1 is 1.29 bits per heavy atom. The molecule has 0 unspecified atom stereocenters. The Kier molecular flexibility index (Phi) is 2.24. The van der Waals surface area contributed by atoms with Crippen LogP contribution in [0.15, 0.2) is 36.7 Å². The highest BCUT2D eigenvalue weighted by Crippen LogP contribution is 2.12. The molecule has 0 amide bonds. The standard InChI is InChI=1S/C10H8N4/c11-5-8-14-7-4-10(13-14)9-3-1-2-6-12-9/h1-4,6-7H,8H2. The van der Waals surface area contributed by atoms with E-state index < -0.39 is 0 Å². The van der Waals surface area contributed by atoms with Crippen LogP contribution in [0.25, 0.3) is 11.4 Å². The van der Waals surface area contributed by atoms with Gasteiger partial charge in [-0.25, -0.2) is 0 Å². The van der Waals surface area contributed by atoms with Crippen molar-refractivity contribution in [3.8, 4) is 17.5 Å². The number of rotatable bonds is 2. The van der Waals surface area contributed by atoms with E-state index in [9.17, 15) is 0 Å². The molecule has 0 atom stereocenters. The quantitative estimate of drug-likeness (QED) is 0.710. The molecule has 0 aliphatic rings. The first-order valence-electron chi connectivity index (χ1n) is 4.22. The van der Waals surface area contributed by atoms with E-state index in [0.29, 0.717) is 0 Å². The minimum absolute atomic E-state index is 0.271. The SMILES string of the molecule is N#CCn1ccc(-c2ccccn2)n1. The average Bonchev–Trinajstić information content (AvgIpc) is 2.68. The van der Waals surface area contributed by atoms with Gasteiger partial charge >= 0.3 is 0 Å². The maximum Gasteiger partial charge on any atom is 0.128 e. The highest BCUT2D eigenvalue weighted by Gasteiger charge is 2.01. The summed E-state index contributed by atoms with van der Waals surface area (Å²) in [5.74, 6) is 0. The van der Waals surface area contributed by atoms with Crippen LogP contribution in [0.3, 0.4) is 0 Å². The molecule has 14 heavy (non-hydrogen) atoms. The van der Waals surface area contributed by atoms with Crippen molar-refractivity contribution >= 4 is 0 Å². The van der Waals surface area contributed by atoms with E-state index >= 15 is 0 Å². The van der Waals surface area contributed by atoms with E-state index in [0.717, 1.165) is 11.4 Å². The summed E-state index contributed by atoms with van der Waals surface area (Å²) in [5.41, 5.74) is 1.62. The Hall–Kier alpha value is -2.15. The molecular weight excluding hydrogens is 176 g/mol. The van der Waals surface area contributed by atoms with Gasteiger partial charge in [-0.2, -0.15) is 10.4 Å². The molecular formula is C10H8N4. The molecule has 0 saturated heterocycles. The number of hydrogen-bond donors (Lipinski definition) is 0. The molecule has 0 spiro atoms. The van der Waals surface area contributed by atoms with Crippen LogP contribution in [0.4, 0.5) is 0 Å². The van der Waals surface area contributed by atoms with Crippen molar-refractivity contribution in [2.75, 3.05) is 0 Å². The lowest BCUT2D eigenvalue weighted by Gasteiger charge is -1.93. The predicted octanol–water partition coefficient (Wildman–Crippen LogP) is 1.47. The van der Waals surface area contributed by atoms with Gasteiger partial charge in [0.05, 0.1) is 11.8 Å². The van der Waals surface area contributed by atoms with Crippen molar-refractivity contribution < 1.29 is 0 Å². The molecule has 2 heterocycles. The van der Waals surface area contributed by atoms with Crippen molar-refractivity contribution in [3.63, 3.8) is 0 Å². The van der Waals surface area contributed by atoms with Crippen LogP contribution >= 0.6 is 0 Å². The fourth-order valence-corrected chi connectivity index (χ4v) is 1.17. The van der Waals surface area contributed by atoms with Crippen LogP contribution in [0.5, 0.6) is 0 Å². The number of nitrogens with zero attached hydrogens (tertiary/aromatic N) is 4. The molecule has 2 aromatic heterocycles. The fraction of sp³-hybridized carbons (Fsp3) is 0.100. The summed E-state index contributed by atoms with van der Waals surface area (Å²) in [6.45, 7) is 0.271. The maximum absolute atomic E-state index is 8.47. The first-order chi connectivity index (χ1) is 6.90. The number of aromatic nitrogens is 3. The Labute approximate surface area is 81.4 Å². The Bertz CT molecular complexity index is 452. The second-order valence-corrected chi connectivity index (χ2v) is 2.77. The first-order valence-corrected chi connectivity index (χ1v) is 4.22. The second-order valence-electron chi connectivity index (χ2n) is 2.77. The highest BCUT2D eigenvalue weighted by atomic mass is 15.3. The van der Waals surface area contributed by atoms with Gasteiger partial charge in [-0.3, -0.25) is 9.67 Å². The van der Waals surface area contributed by atoms with Crippen molar-refractivity contribution in [1.29, 1.82) is 5.26 Å². The van der Waals surface area contributed by atoms with E-state index in [-0.39, 0.29) is 6.54 Å². The van der Waals surface area contributed by atoms with E-state index in [1.165, 1.54) is 0 Å². The van der Waals surface area contributed by atoms with Crippen molar-refractivity contribution in [3.05, 3.63) is 36.7 Å². The van der Waals surface area contributed by atoms with Gasteiger partial charge in [0.2, 0.25) is 0 Å². The third kappa shape index (κ3) is 1.62. The minimum Gasteiger partial charge on any atom is -0.258 e. The summed E-state index contributed by atoms with van der Waals surface area (Å²) in [5, 5.41) is 12.7. The summed E-state index contributed by atoms with van der Waals surface area (Å²) in [4.78, 5) is 4.16. The predicted molar refractivity (Wildman–Crippen MR) is 51.1 cm³/mol. The third-order valence-electron chi connectivity index (χ3n) is 1.80. The van der Waals surface area contributed by atoms with Crippen molar-refractivity contribution in [2.45, 2.75) is 6.54 Å². The van der Waals surface area contributed by atoms with E-state index in [4.69, 9.17) is 5.26 Å². The summed E-state index contributed by atoms with van der Waals surface area (Å²) >= 11 is 0. The molecule has 4 nitrogen and oxygen atoms in total. The van der Waals surface area contributed by atoms with E-state index in [1.54, 1.807) is 17.1 Å². The lowest BCUT2D eigenvalue weighted by Crippen LogP contribution is -1.95. The molecule has 0 saturated carbocycles. The topological polar surface area (TPSA) is 54.5 Å². The Balaban J connectivity index is 2.31. The molecule has 0 aromatic carbocycles. The largest absolute Gasteiger partial charge is 0.258 e. The van der Waals surface area contributed by atoms with Gasteiger partial charge in [0, 0.05) is 12.4 Å². The van der Waals surface area contributed by atoms with Gasteiger partial charge < -0.3 is 0 Å². The summed E-state index contributed by atoms with van der Waals surface area (Å²) in [6.07, 6.45) is 3.49. The second kappa shape index (κ2) is 3.71. The molecule has 0 aliphatic heterocycles. The summed E-state index contributed by atoms with van der Waals surface area (Å²) < 4.78 is 1.59. The monoisotopic (exact) mass is 184 g/mol. The molecule has 0 radical (unpaired) electrons. The first kappa shape index (κ1) is 8.45. The maximum atomic E-state index is 8.47. The van der Waals surface area contributed by atoms with Gasteiger partial charge in [-0.05, 0) is 18.2 Å². The molecule has 0 bridgehead atoms. The van der Waals surface area contributed by atoms with Gasteiger partial charge in [0.15, 0.2) is 0 Å². The zero-order chi connectivity index (χ0) is 9.80. The molecule has 0 aliphatic carbocycles. The zero-order valence-electron chi connectivity index (χ0n) is 7.46. The molecule has 2 rings (SSSR count). The zero-order valence-corrected chi connectivity index (χ0v) is 7.46. The minimum atomic E-state index is 0.271. The van der Waals surface area contributed by atoms with Gasteiger partial charge in [-0.15, -0.1) is 0 Å². The third-order valence-corrected chi connectivity index (χ3v) is 1.80. The molecule has 4 heteroatoms. The van der Waals surface area contributed by atoms with Gasteiger partial charge in [0.25, 0.3) is 0 Å².